The number of hydrogen-bond donors (Lipinski definition) is 2. The molecule has 0 aliphatic rings. The van der Waals surface area contributed by atoms with E-state index in [2.05, 4.69) is 19.3 Å². The second-order valence-electron chi connectivity index (χ2n) is 3.41. The van der Waals surface area contributed by atoms with Crippen LogP contribution in [0.4, 0.5) is 0 Å². The fourth-order valence-corrected chi connectivity index (χ4v) is 1.06. The van der Waals surface area contributed by atoms with Crippen molar-refractivity contribution in [3.05, 3.63) is 0 Å². The van der Waals surface area contributed by atoms with E-state index >= 15 is 0 Å². The molecule has 0 aromatic heterocycles. The molecular formula is C9H22N2O2. The van der Waals surface area contributed by atoms with Crippen LogP contribution in [-0.4, -0.2) is 33.0 Å². The molecule has 0 saturated carbocycles. The van der Waals surface area contributed by atoms with Crippen LogP contribution < -0.4 is 11.3 Å². The minimum atomic E-state index is 0.336. The quantitative estimate of drug-likeness (QED) is 0.333. The number of rotatable bonds is 8. The number of nitrogens with two attached hydrogens (primary N) is 1. The van der Waals surface area contributed by atoms with Crippen LogP contribution in [0.15, 0.2) is 0 Å². The maximum Gasteiger partial charge on any atom is 0.0700 e. The maximum atomic E-state index is 5.38. The lowest BCUT2D eigenvalue weighted by molar-refractivity contribution is 0.0637. The molecule has 0 amide bonds. The summed E-state index contributed by atoms with van der Waals surface area (Å²) in [6.45, 7) is 6.32. The maximum absolute atomic E-state index is 5.38. The summed E-state index contributed by atoms with van der Waals surface area (Å²) >= 11 is 0. The Bertz CT molecular complexity index is 110. The molecule has 0 spiro atoms. The van der Waals surface area contributed by atoms with Crippen LogP contribution >= 0.6 is 0 Å². The van der Waals surface area contributed by atoms with Crippen molar-refractivity contribution in [1.29, 1.82) is 0 Å². The van der Waals surface area contributed by atoms with Gasteiger partial charge in [-0.05, 0) is 12.3 Å². The molecule has 3 N–H and O–H groups in total. The fourth-order valence-electron chi connectivity index (χ4n) is 1.06. The molecule has 0 aromatic carbocycles. The average Bonchev–Trinajstić information content (AvgIpc) is 2.10. The lowest BCUT2D eigenvalue weighted by Gasteiger charge is -2.19. The highest BCUT2D eigenvalue weighted by Crippen LogP contribution is 2.04. The van der Waals surface area contributed by atoms with Gasteiger partial charge in [-0.3, -0.25) is 11.3 Å². The third-order valence-electron chi connectivity index (χ3n) is 2.02. The Hall–Kier alpha value is -0.160. The molecule has 0 saturated heterocycles. The zero-order valence-corrected chi connectivity index (χ0v) is 8.88. The van der Waals surface area contributed by atoms with Crippen LogP contribution in [0.25, 0.3) is 0 Å². The van der Waals surface area contributed by atoms with E-state index in [1.165, 1.54) is 0 Å². The zero-order valence-electron chi connectivity index (χ0n) is 8.88. The molecule has 1 atom stereocenters. The summed E-state index contributed by atoms with van der Waals surface area (Å²) in [5.41, 5.74) is 2.78. The van der Waals surface area contributed by atoms with Crippen molar-refractivity contribution in [2.75, 3.05) is 26.9 Å². The van der Waals surface area contributed by atoms with Gasteiger partial charge >= 0.3 is 0 Å². The highest BCUT2D eigenvalue weighted by molar-refractivity contribution is 4.66. The Kier molecular flexibility index (Phi) is 8.33. The predicted molar refractivity (Wildman–Crippen MR) is 53.3 cm³/mol. The standard InChI is InChI=1S/C9H22N2O2/c1-8(2)9(11-10)4-5-13-7-6-12-3/h8-9,11H,4-7,10H2,1-3H3. The van der Waals surface area contributed by atoms with E-state index in [0.717, 1.165) is 13.0 Å². The first kappa shape index (κ1) is 12.8. The smallest absolute Gasteiger partial charge is 0.0700 e. The summed E-state index contributed by atoms with van der Waals surface area (Å²) in [4.78, 5) is 0. The van der Waals surface area contributed by atoms with Gasteiger partial charge in [0.1, 0.15) is 0 Å². The van der Waals surface area contributed by atoms with Crippen LogP contribution in [0, 0.1) is 5.92 Å². The van der Waals surface area contributed by atoms with E-state index in [4.69, 9.17) is 15.3 Å². The van der Waals surface area contributed by atoms with E-state index in [1.54, 1.807) is 7.11 Å². The lowest BCUT2D eigenvalue weighted by atomic mass is 10.0. The molecule has 80 valence electrons. The minimum absolute atomic E-state index is 0.336. The van der Waals surface area contributed by atoms with Crippen LogP contribution in [0.3, 0.4) is 0 Å². The van der Waals surface area contributed by atoms with E-state index in [0.29, 0.717) is 25.2 Å². The average molecular weight is 190 g/mol. The Morgan fingerprint density at radius 3 is 2.38 bits per heavy atom. The molecule has 4 nitrogen and oxygen atoms in total. The Balaban J connectivity index is 3.28. The van der Waals surface area contributed by atoms with Gasteiger partial charge in [0.05, 0.1) is 13.2 Å². The van der Waals surface area contributed by atoms with E-state index in [1.807, 2.05) is 0 Å². The molecule has 0 heterocycles. The first-order chi connectivity index (χ1) is 6.22. The number of nitrogens with one attached hydrogen (secondary N) is 1. The van der Waals surface area contributed by atoms with Crippen LogP contribution in [0.1, 0.15) is 20.3 Å². The SMILES string of the molecule is COCCOCCC(NN)C(C)C. The van der Waals surface area contributed by atoms with Crippen molar-refractivity contribution in [3.8, 4) is 0 Å². The normalized spacial score (nSPS) is 13.6. The molecule has 13 heavy (non-hydrogen) atoms. The van der Waals surface area contributed by atoms with Crippen LogP contribution in [-0.2, 0) is 9.47 Å². The third kappa shape index (κ3) is 6.95. The summed E-state index contributed by atoms with van der Waals surface area (Å²) in [6.07, 6.45) is 0.942. The van der Waals surface area contributed by atoms with Gasteiger partial charge in [-0.2, -0.15) is 0 Å². The number of hydrogen-bond acceptors (Lipinski definition) is 4. The first-order valence-electron chi connectivity index (χ1n) is 4.75. The van der Waals surface area contributed by atoms with Gasteiger partial charge in [-0.15, -0.1) is 0 Å². The van der Waals surface area contributed by atoms with Gasteiger partial charge in [-0.1, -0.05) is 13.8 Å². The van der Waals surface area contributed by atoms with Crippen molar-refractivity contribution in [3.63, 3.8) is 0 Å². The topological polar surface area (TPSA) is 56.5 Å². The van der Waals surface area contributed by atoms with E-state index in [-0.39, 0.29) is 0 Å². The van der Waals surface area contributed by atoms with Crippen molar-refractivity contribution in [2.24, 2.45) is 11.8 Å². The van der Waals surface area contributed by atoms with Gasteiger partial charge in [0.15, 0.2) is 0 Å². The second kappa shape index (κ2) is 8.44. The number of methoxy groups -OCH3 is 1. The molecule has 0 bridgehead atoms. The number of ether oxygens (including phenoxy) is 2. The van der Waals surface area contributed by atoms with Gasteiger partial charge in [0.2, 0.25) is 0 Å². The Labute approximate surface area is 80.7 Å². The largest absolute Gasteiger partial charge is 0.382 e. The summed E-state index contributed by atoms with van der Waals surface area (Å²) in [5.74, 6) is 5.92. The molecule has 0 radical (unpaired) electrons. The Morgan fingerprint density at radius 2 is 1.92 bits per heavy atom. The first-order valence-corrected chi connectivity index (χ1v) is 4.75. The summed E-state index contributed by atoms with van der Waals surface area (Å²) in [5, 5.41) is 0. The lowest BCUT2D eigenvalue weighted by Crippen LogP contribution is -2.39. The van der Waals surface area contributed by atoms with E-state index < -0.39 is 0 Å². The summed E-state index contributed by atoms with van der Waals surface area (Å²) in [6, 6.07) is 0.336. The van der Waals surface area contributed by atoms with Crippen molar-refractivity contribution < 1.29 is 9.47 Å². The molecule has 0 aliphatic heterocycles. The summed E-state index contributed by atoms with van der Waals surface area (Å²) in [7, 11) is 1.67. The molecule has 0 rings (SSSR count). The van der Waals surface area contributed by atoms with Crippen molar-refractivity contribution in [2.45, 2.75) is 26.3 Å². The van der Waals surface area contributed by atoms with Crippen molar-refractivity contribution >= 4 is 0 Å². The molecular weight excluding hydrogens is 168 g/mol. The molecule has 0 aliphatic carbocycles. The molecule has 0 fully saturated rings. The monoisotopic (exact) mass is 190 g/mol. The van der Waals surface area contributed by atoms with Crippen LogP contribution in [0.2, 0.25) is 0 Å². The minimum Gasteiger partial charge on any atom is -0.382 e. The molecule has 0 aromatic rings. The molecule has 1 unspecified atom stereocenters. The predicted octanol–water partition coefficient (Wildman–Crippen LogP) is 0.527. The highest BCUT2D eigenvalue weighted by Gasteiger charge is 2.10. The Morgan fingerprint density at radius 1 is 1.23 bits per heavy atom. The third-order valence-corrected chi connectivity index (χ3v) is 2.02. The van der Waals surface area contributed by atoms with Gasteiger partial charge in [-0.25, -0.2) is 0 Å². The fraction of sp³-hybridized carbons (Fsp3) is 1.00. The van der Waals surface area contributed by atoms with Crippen LogP contribution in [0.5, 0.6) is 0 Å². The van der Waals surface area contributed by atoms with Gasteiger partial charge in [0.25, 0.3) is 0 Å². The summed E-state index contributed by atoms with van der Waals surface area (Å²) < 4.78 is 10.2. The van der Waals surface area contributed by atoms with Crippen molar-refractivity contribution in [1.82, 2.24) is 5.43 Å². The highest BCUT2D eigenvalue weighted by atomic mass is 16.5. The second-order valence-corrected chi connectivity index (χ2v) is 3.41. The van der Waals surface area contributed by atoms with E-state index in [9.17, 15) is 0 Å². The van der Waals surface area contributed by atoms with Gasteiger partial charge < -0.3 is 9.47 Å². The number of hydrazine groups is 1. The molecule has 4 heteroatoms. The van der Waals surface area contributed by atoms with Gasteiger partial charge in [0, 0.05) is 19.8 Å². The zero-order chi connectivity index (χ0) is 10.1.